The zero-order valence-corrected chi connectivity index (χ0v) is 12.5. The molecule has 0 radical (unpaired) electrons. The lowest BCUT2D eigenvalue weighted by Gasteiger charge is -2.40. The fraction of sp³-hybridized carbons (Fsp3) is 0.846. The molecular formula is C13H24N2O3S. The average Bonchev–Trinajstić information content (AvgIpc) is 2.33. The second kappa shape index (κ2) is 7.62. The zero-order chi connectivity index (χ0) is 14.3. The van der Waals surface area contributed by atoms with Crippen molar-refractivity contribution in [2.75, 3.05) is 12.8 Å². The van der Waals surface area contributed by atoms with E-state index in [4.69, 9.17) is 5.11 Å². The molecular weight excluding hydrogens is 264 g/mol. The van der Waals surface area contributed by atoms with Gasteiger partial charge in [-0.2, -0.15) is 11.8 Å². The van der Waals surface area contributed by atoms with Gasteiger partial charge in [-0.15, -0.1) is 0 Å². The summed E-state index contributed by atoms with van der Waals surface area (Å²) in [7, 11) is 0. The molecule has 0 bridgehead atoms. The van der Waals surface area contributed by atoms with Crippen molar-refractivity contribution >= 4 is 23.8 Å². The highest BCUT2D eigenvalue weighted by Gasteiger charge is 2.36. The first kappa shape index (κ1) is 16.1. The van der Waals surface area contributed by atoms with Crippen molar-refractivity contribution in [3.8, 4) is 0 Å². The first-order valence-corrected chi connectivity index (χ1v) is 8.08. The minimum atomic E-state index is -0.966. The number of carbonyl (C=O) groups excluding carboxylic acids is 1. The van der Waals surface area contributed by atoms with Crippen molar-refractivity contribution in [1.82, 2.24) is 10.6 Å². The number of carboxylic acids is 1. The normalized spacial score (nSPS) is 18.2. The van der Waals surface area contributed by atoms with E-state index in [1.54, 1.807) is 11.8 Å². The SMILES string of the molecule is CCCCC(NC(=O)NCC1(SC)CCC1)C(=O)O. The van der Waals surface area contributed by atoms with E-state index in [0.717, 1.165) is 25.7 Å². The van der Waals surface area contributed by atoms with Crippen LogP contribution in [0.25, 0.3) is 0 Å². The third-order valence-electron chi connectivity index (χ3n) is 3.72. The van der Waals surface area contributed by atoms with Crippen molar-refractivity contribution < 1.29 is 14.7 Å². The highest BCUT2D eigenvalue weighted by atomic mass is 32.2. The van der Waals surface area contributed by atoms with Crippen LogP contribution in [-0.4, -0.2) is 40.7 Å². The van der Waals surface area contributed by atoms with Gasteiger partial charge in [0.25, 0.3) is 0 Å². The molecule has 1 aliphatic rings. The summed E-state index contributed by atoms with van der Waals surface area (Å²) < 4.78 is 0.166. The van der Waals surface area contributed by atoms with Crippen LogP contribution in [0.5, 0.6) is 0 Å². The van der Waals surface area contributed by atoms with E-state index in [1.807, 2.05) is 6.92 Å². The predicted octanol–water partition coefficient (Wildman–Crippen LogP) is 2.21. The van der Waals surface area contributed by atoms with Crippen LogP contribution in [0.4, 0.5) is 4.79 Å². The third kappa shape index (κ3) is 4.93. The number of hydrogen-bond acceptors (Lipinski definition) is 3. The maximum atomic E-state index is 11.7. The molecule has 0 aromatic rings. The first-order chi connectivity index (χ1) is 9.03. The molecule has 1 aliphatic carbocycles. The Bertz CT molecular complexity index is 314. The number of rotatable bonds is 8. The molecule has 110 valence electrons. The Morgan fingerprint density at radius 1 is 1.42 bits per heavy atom. The Labute approximate surface area is 118 Å². The second-order valence-corrected chi connectivity index (χ2v) is 6.38. The number of nitrogens with one attached hydrogen (secondary N) is 2. The van der Waals surface area contributed by atoms with E-state index >= 15 is 0 Å². The minimum absolute atomic E-state index is 0.166. The summed E-state index contributed by atoms with van der Waals surface area (Å²) in [5.74, 6) is -0.966. The number of carbonyl (C=O) groups is 2. The summed E-state index contributed by atoms with van der Waals surface area (Å²) in [4.78, 5) is 22.7. The van der Waals surface area contributed by atoms with E-state index in [-0.39, 0.29) is 10.8 Å². The predicted molar refractivity (Wildman–Crippen MR) is 77.6 cm³/mol. The molecule has 0 aliphatic heterocycles. The van der Waals surface area contributed by atoms with Crippen molar-refractivity contribution in [3.05, 3.63) is 0 Å². The van der Waals surface area contributed by atoms with E-state index in [0.29, 0.717) is 13.0 Å². The Morgan fingerprint density at radius 2 is 2.11 bits per heavy atom. The van der Waals surface area contributed by atoms with Gasteiger partial charge in [0.1, 0.15) is 6.04 Å². The Hall–Kier alpha value is -0.910. The molecule has 1 saturated carbocycles. The van der Waals surface area contributed by atoms with Gasteiger partial charge in [0.05, 0.1) is 0 Å². The summed E-state index contributed by atoms with van der Waals surface area (Å²) in [6, 6.07) is -1.16. The first-order valence-electron chi connectivity index (χ1n) is 6.85. The highest BCUT2D eigenvalue weighted by Crippen LogP contribution is 2.42. The molecule has 6 heteroatoms. The highest BCUT2D eigenvalue weighted by molar-refractivity contribution is 8.00. The lowest BCUT2D eigenvalue weighted by molar-refractivity contribution is -0.139. The largest absolute Gasteiger partial charge is 0.480 e. The molecule has 0 heterocycles. The Morgan fingerprint density at radius 3 is 2.53 bits per heavy atom. The number of amides is 2. The summed E-state index contributed by atoms with van der Waals surface area (Å²) in [5.41, 5.74) is 0. The summed E-state index contributed by atoms with van der Waals surface area (Å²) >= 11 is 1.78. The molecule has 0 aromatic heterocycles. The van der Waals surface area contributed by atoms with Gasteiger partial charge in [0, 0.05) is 11.3 Å². The van der Waals surface area contributed by atoms with Crippen LogP contribution in [-0.2, 0) is 4.79 Å². The third-order valence-corrected chi connectivity index (χ3v) is 5.14. The van der Waals surface area contributed by atoms with E-state index in [1.165, 1.54) is 6.42 Å². The fourth-order valence-corrected chi connectivity index (χ4v) is 3.05. The molecule has 0 aromatic carbocycles. The lowest BCUT2D eigenvalue weighted by Crippen LogP contribution is -2.51. The molecule has 1 fully saturated rings. The molecule has 1 unspecified atom stereocenters. The van der Waals surface area contributed by atoms with E-state index < -0.39 is 12.0 Å². The molecule has 1 rings (SSSR count). The summed E-state index contributed by atoms with van der Waals surface area (Å²) in [6.07, 6.45) is 7.69. The average molecular weight is 288 g/mol. The number of urea groups is 1. The maximum Gasteiger partial charge on any atom is 0.326 e. The van der Waals surface area contributed by atoms with Crippen molar-refractivity contribution in [1.29, 1.82) is 0 Å². The van der Waals surface area contributed by atoms with Gasteiger partial charge in [-0.05, 0) is 25.5 Å². The van der Waals surface area contributed by atoms with Gasteiger partial charge in [0.2, 0.25) is 0 Å². The quantitative estimate of drug-likeness (QED) is 0.640. The molecule has 3 N–H and O–H groups in total. The van der Waals surface area contributed by atoms with Gasteiger partial charge < -0.3 is 15.7 Å². The number of aliphatic carboxylic acids is 1. The molecule has 1 atom stereocenters. The van der Waals surface area contributed by atoms with Crippen LogP contribution < -0.4 is 10.6 Å². The van der Waals surface area contributed by atoms with Gasteiger partial charge in [-0.3, -0.25) is 0 Å². The second-order valence-electron chi connectivity index (χ2n) is 5.10. The fourth-order valence-electron chi connectivity index (χ4n) is 2.14. The van der Waals surface area contributed by atoms with E-state index in [2.05, 4.69) is 16.9 Å². The van der Waals surface area contributed by atoms with Crippen LogP contribution in [0.3, 0.4) is 0 Å². The number of carboxylic acid groups (broad SMARTS) is 1. The molecule has 2 amide bonds. The van der Waals surface area contributed by atoms with Gasteiger partial charge in [-0.25, -0.2) is 9.59 Å². The molecule has 0 spiro atoms. The van der Waals surface area contributed by atoms with Gasteiger partial charge in [0.15, 0.2) is 0 Å². The Balaban J connectivity index is 2.33. The summed E-state index contributed by atoms with van der Waals surface area (Å²) in [6.45, 7) is 2.61. The lowest BCUT2D eigenvalue weighted by atomic mass is 9.84. The molecule has 5 nitrogen and oxygen atoms in total. The van der Waals surface area contributed by atoms with Crippen LogP contribution in [0.15, 0.2) is 0 Å². The van der Waals surface area contributed by atoms with E-state index in [9.17, 15) is 9.59 Å². The van der Waals surface area contributed by atoms with Crippen LogP contribution in [0.1, 0.15) is 45.4 Å². The number of thioether (sulfide) groups is 1. The van der Waals surface area contributed by atoms with Gasteiger partial charge in [-0.1, -0.05) is 26.2 Å². The number of unbranched alkanes of at least 4 members (excludes halogenated alkanes) is 1. The van der Waals surface area contributed by atoms with Crippen LogP contribution in [0.2, 0.25) is 0 Å². The molecule has 0 saturated heterocycles. The van der Waals surface area contributed by atoms with Crippen molar-refractivity contribution in [2.24, 2.45) is 0 Å². The summed E-state index contributed by atoms with van der Waals surface area (Å²) in [5, 5.41) is 14.4. The van der Waals surface area contributed by atoms with Crippen LogP contribution in [0, 0.1) is 0 Å². The zero-order valence-electron chi connectivity index (χ0n) is 11.7. The topological polar surface area (TPSA) is 78.4 Å². The number of hydrogen-bond donors (Lipinski definition) is 3. The smallest absolute Gasteiger partial charge is 0.326 e. The van der Waals surface area contributed by atoms with Crippen molar-refractivity contribution in [2.45, 2.75) is 56.2 Å². The maximum absolute atomic E-state index is 11.7. The monoisotopic (exact) mass is 288 g/mol. The van der Waals surface area contributed by atoms with Crippen LogP contribution >= 0.6 is 11.8 Å². The minimum Gasteiger partial charge on any atom is -0.480 e. The van der Waals surface area contributed by atoms with Gasteiger partial charge >= 0.3 is 12.0 Å². The Kier molecular flexibility index (Phi) is 6.48. The van der Waals surface area contributed by atoms with Crippen molar-refractivity contribution in [3.63, 3.8) is 0 Å². The standard InChI is InChI=1S/C13H24N2O3S/c1-3-4-6-10(11(16)17)15-12(18)14-9-13(19-2)7-5-8-13/h10H,3-9H2,1-2H3,(H,16,17)(H2,14,15,18). The molecule has 19 heavy (non-hydrogen) atoms.